The molecule has 0 aliphatic heterocycles. The van der Waals surface area contributed by atoms with E-state index in [1.165, 1.54) is 13.2 Å². The van der Waals surface area contributed by atoms with Crippen LogP contribution in [0.1, 0.15) is 17.3 Å². The molecule has 0 aromatic heterocycles. The minimum Gasteiger partial charge on any atom is -0.495 e. The normalized spacial score (nSPS) is 13.9. The van der Waals surface area contributed by atoms with Crippen LogP contribution in [0.4, 0.5) is 5.69 Å². The highest BCUT2D eigenvalue weighted by Crippen LogP contribution is 2.26. The summed E-state index contributed by atoms with van der Waals surface area (Å²) in [7, 11) is 1.44. The lowest BCUT2D eigenvalue weighted by Gasteiger charge is -2.10. The highest BCUT2D eigenvalue weighted by atomic mass is 79.9. The standard InChI is InChI=1S/C10H12BrNO4S/c1-6(11)10(13)7-3-4-9(16-2)8(5-7)12-17(14)15/h3-6,12H,1-2H3,(H,14,15)/t6-/m1/s1. The van der Waals surface area contributed by atoms with Gasteiger partial charge in [0, 0.05) is 5.56 Å². The van der Waals surface area contributed by atoms with Crippen LogP contribution in [0.2, 0.25) is 0 Å². The van der Waals surface area contributed by atoms with E-state index in [9.17, 15) is 9.00 Å². The number of carbonyl (C=O) groups excluding carboxylic acids is 1. The van der Waals surface area contributed by atoms with Crippen molar-refractivity contribution in [2.45, 2.75) is 11.8 Å². The number of anilines is 1. The van der Waals surface area contributed by atoms with Gasteiger partial charge in [0.05, 0.1) is 17.6 Å². The van der Waals surface area contributed by atoms with Crippen molar-refractivity contribution in [1.29, 1.82) is 0 Å². The van der Waals surface area contributed by atoms with Gasteiger partial charge in [0.1, 0.15) is 5.75 Å². The molecule has 94 valence electrons. The third-order valence-corrected chi connectivity index (χ3v) is 2.85. The maximum Gasteiger partial charge on any atom is 0.259 e. The Labute approximate surface area is 110 Å². The molecule has 5 nitrogen and oxygen atoms in total. The number of hydrogen-bond acceptors (Lipinski definition) is 3. The van der Waals surface area contributed by atoms with Gasteiger partial charge in [0.2, 0.25) is 0 Å². The van der Waals surface area contributed by atoms with E-state index in [0.717, 1.165) is 0 Å². The van der Waals surface area contributed by atoms with Crippen molar-refractivity contribution < 1.29 is 18.3 Å². The van der Waals surface area contributed by atoms with Gasteiger partial charge in [-0.1, -0.05) is 15.9 Å². The lowest BCUT2D eigenvalue weighted by atomic mass is 10.1. The largest absolute Gasteiger partial charge is 0.495 e. The molecule has 0 radical (unpaired) electrons. The Kier molecular flexibility index (Phi) is 5.10. The summed E-state index contributed by atoms with van der Waals surface area (Å²) < 4.78 is 26.8. The Balaban J connectivity index is 3.12. The maximum atomic E-state index is 11.7. The monoisotopic (exact) mass is 321 g/mol. The first-order valence-corrected chi connectivity index (χ1v) is 6.71. The van der Waals surface area contributed by atoms with E-state index in [1.807, 2.05) is 0 Å². The van der Waals surface area contributed by atoms with Crippen LogP contribution in [0, 0.1) is 0 Å². The fourth-order valence-electron chi connectivity index (χ4n) is 1.26. The second kappa shape index (κ2) is 6.13. The highest BCUT2D eigenvalue weighted by Gasteiger charge is 2.14. The molecular weight excluding hydrogens is 310 g/mol. The van der Waals surface area contributed by atoms with E-state index in [4.69, 9.17) is 9.29 Å². The summed E-state index contributed by atoms with van der Waals surface area (Å²) in [4.78, 5) is 11.4. The van der Waals surface area contributed by atoms with Crippen LogP contribution in [0.25, 0.3) is 0 Å². The Bertz CT molecular complexity index is 450. The SMILES string of the molecule is COc1ccc(C(=O)[C@@H](C)Br)cc1NS(=O)O. The number of hydrogen-bond donors (Lipinski definition) is 2. The molecule has 0 aliphatic carbocycles. The molecule has 0 spiro atoms. The topological polar surface area (TPSA) is 75.6 Å². The van der Waals surface area contributed by atoms with Gasteiger partial charge >= 0.3 is 0 Å². The number of Topliss-reactive ketones (excluding diaryl/α,β-unsaturated/α-hetero) is 1. The minimum atomic E-state index is -2.21. The molecule has 1 rings (SSSR count). The Hall–Kier alpha value is -0.920. The van der Waals surface area contributed by atoms with Gasteiger partial charge in [-0.15, -0.1) is 0 Å². The van der Waals surface area contributed by atoms with Crippen molar-refractivity contribution in [3.63, 3.8) is 0 Å². The molecule has 1 aromatic carbocycles. The highest BCUT2D eigenvalue weighted by molar-refractivity contribution is 9.10. The zero-order valence-corrected chi connectivity index (χ0v) is 11.7. The molecule has 0 amide bonds. The molecule has 0 fully saturated rings. The molecule has 1 unspecified atom stereocenters. The molecule has 0 aliphatic rings. The van der Waals surface area contributed by atoms with Gasteiger partial charge in [-0.2, -0.15) is 0 Å². The summed E-state index contributed by atoms with van der Waals surface area (Å²) in [5.74, 6) is 0.283. The van der Waals surface area contributed by atoms with Gasteiger partial charge in [-0.3, -0.25) is 14.1 Å². The number of rotatable bonds is 5. The number of benzene rings is 1. The Morgan fingerprint density at radius 2 is 2.24 bits per heavy atom. The molecule has 0 saturated heterocycles. The van der Waals surface area contributed by atoms with Crippen molar-refractivity contribution in [3.8, 4) is 5.75 Å². The molecule has 0 bridgehead atoms. The summed E-state index contributed by atoms with van der Waals surface area (Å²) in [6, 6.07) is 4.65. The van der Waals surface area contributed by atoms with Gasteiger partial charge in [-0.25, -0.2) is 4.21 Å². The number of alkyl halides is 1. The Morgan fingerprint density at radius 3 is 2.71 bits per heavy atom. The molecule has 1 aromatic rings. The second-order valence-corrected chi connectivity index (χ2v) is 5.32. The van der Waals surface area contributed by atoms with Gasteiger partial charge in [-0.05, 0) is 25.1 Å². The fraction of sp³-hybridized carbons (Fsp3) is 0.300. The van der Waals surface area contributed by atoms with Gasteiger partial charge in [0.15, 0.2) is 5.78 Å². The average molecular weight is 322 g/mol. The van der Waals surface area contributed by atoms with Crippen LogP contribution in [0.5, 0.6) is 5.75 Å². The predicted molar refractivity (Wildman–Crippen MR) is 70.1 cm³/mol. The number of ether oxygens (including phenoxy) is 1. The number of methoxy groups -OCH3 is 1. The number of ketones is 1. The van der Waals surface area contributed by atoms with E-state index in [0.29, 0.717) is 17.0 Å². The maximum absolute atomic E-state index is 11.7. The fourth-order valence-corrected chi connectivity index (χ4v) is 1.88. The van der Waals surface area contributed by atoms with Crippen LogP contribution in [-0.4, -0.2) is 26.5 Å². The minimum absolute atomic E-state index is 0.112. The van der Waals surface area contributed by atoms with Crippen molar-refractivity contribution in [1.82, 2.24) is 0 Å². The molecule has 17 heavy (non-hydrogen) atoms. The van der Waals surface area contributed by atoms with E-state index < -0.39 is 11.3 Å². The quantitative estimate of drug-likeness (QED) is 0.495. The lowest BCUT2D eigenvalue weighted by molar-refractivity contribution is 0.0996. The number of halogens is 1. The molecule has 2 N–H and O–H groups in total. The molecular formula is C10H12BrNO4S. The van der Waals surface area contributed by atoms with E-state index >= 15 is 0 Å². The number of nitrogens with one attached hydrogen (secondary N) is 1. The summed E-state index contributed by atoms with van der Waals surface area (Å²) in [5, 5.41) is 0. The van der Waals surface area contributed by atoms with Crippen molar-refractivity contribution in [2.24, 2.45) is 0 Å². The summed E-state index contributed by atoms with van der Waals surface area (Å²) >= 11 is 0.963. The van der Waals surface area contributed by atoms with Crippen LogP contribution in [0.3, 0.4) is 0 Å². The molecule has 2 atom stereocenters. The van der Waals surface area contributed by atoms with Crippen molar-refractivity contribution >= 4 is 38.7 Å². The van der Waals surface area contributed by atoms with Crippen LogP contribution < -0.4 is 9.46 Å². The third kappa shape index (κ3) is 3.79. The Morgan fingerprint density at radius 1 is 1.59 bits per heavy atom. The molecule has 0 saturated carbocycles. The number of carbonyl (C=O) groups is 1. The zero-order chi connectivity index (χ0) is 13.0. The predicted octanol–water partition coefficient (Wildman–Crippen LogP) is 2.21. The first-order valence-electron chi connectivity index (χ1n) is 4.69. The van der Waals surface area contributed by atoms with E-state index in [-0.39, 0.29) is 10.6 Å². The van der Waals surface area contributed by atoms with Crippen LogP contribution >= 0.6 is 15.9 Å². The third-order valence-electron chi connectivity index (χ3n) is 2.04. The molecule has 7 heteroatoms. The zero-order valence-electron chi connectivity index (χ0n) is 9.27. The average Bonchev–Trinajstić information content (AvgIpc) is 2.27. The van der Waals surface area contributed by atoms with E-state index in [2.05, 4.69) is 20.7 Å². The summed E-state index contributed by atoms with van der Waals surface area (Å²) in [6.07, 6.45) is 0. The van der Waals surface area contributed by atoms with Crippen LogP contribution in [-0.2, 0) is 11.3 Å². The molecule has 0 heterocycles. The first-order chi connectivity index (χ1) is 7.95. The van der Waals surface area contributed by atoms with Gasteiger partial charge in [0.25, 0.3) is 11.3 Å². The first kappa shape index (κ1) is 14.1. The smallest absolute Gasteiger partial charge is 0.259 e. The second-order valence-electron chi connectivity index (χ2n) is 3.25. The van der Waals surface area contributed by atoms with E-state index in [1.54, 1.807) is 19.1 Å². The van der Waals surface area contributed by atoms with Gasteiger partial charge < -0.3 is 4.74 Å². The van der Waals surface area contributed by atoms with Crippen molar-refractivity contribution in [2.75, 3.05) is 11.8 Å². The summed E-state index contributed by atoms with van der Waals surface area (Å²) in [6.45, 7) is 1.71. The summed E-state index contributed by atoms with van der Waals surface area (Å²) in [5.41, 5.74) is 0.732. The van der Waals surface area contributed by atoms with Crippen molar-refractivity contribution in [3.05, 3.63) is 23.8 Å². The van der Waals surface area contributed by atoms with Crippen LogP contribution in [0.15, 0.2) is 18.2 Å². The lowest BCUT2D eigenvalue weighted by Crippen LogP contribution is -2.11.